The average Bonchev–Trinajstić information content (AvgIpc) is 2.64. The van der Waals surface area contributed by atoms with Crippen LogP contribution in [0.25, 0.3) is 10.9 Å². The van der Waals surface area contributed by atoms with Crippen LogP contribution in [0.4, 0.5) is 0 Å². The van der Waals surface area contributed by atoms with Crippen molar-refractivity contribution in [2.24, 2.45) is 0 Å². The third-order valence-electron chi connectivity index (χ3n) is 2.22. The molecular weight excluding hydrogens is 181 g/mol. The van der Waals surface area contributed by atoms with Crippen molar-refractivity contribution in [1.82, 2.24) is 4.98 Å². The van der Waals surface area contributed by atoms with Crippen molar-refractivity contribution in [1.29, 1.82) is 0 Å². The minimum Gasteiger partial charge on any atom is -0.495 e. The molecule has 0 bridgehead atoms. The van der Waals surface area contributed by atoms with Gasteiger partial charge in [0.1, 0.15) is 5.75 Å². The number of ether oxygens (including phenoxy) is 1. The highest BCUT2D eigenvalue weighted by atomic mass is 16.5. The molecule has 0 atom stereocenters. The fourth-order valence-corrected chi connectivity index (χ4v) is 1.55. The van der Waals surface area contributed by atoms with Crippen LogP contribution < -0.4 is 10.2 Å². The number of hydrogen-bond donors (Lipinski definition) is 3. The lowest BCUT2D eigenvalue weighted by Crippen LogP contribution is -2.30. The van der Waals surface area contributed by atoms with Crippen LogP contribution in [-0.4, -0.2) is 29.3 Å². The molecular formula is C9H10BNO3. The van der Waals surface area contributed by atoms with Crippen LogP contribution in [0, 0.1) is 0 Å². The first-order valence-electron chi connectivity index (χ1n) is 4.24. The predicted octanol–water partition coefficient (Wildman–Crippen LogP) is -0.144. The second kappa shape index (κ2) is 3.36. The molecule has 2 rings (SSSR count). The van der Waals surface area contributed by atoms with Crippen LogP contribution in [0.2, 0.25) is 0 Å². The lowest BCUT2D eigenvalue weighted by atomic mass is 9.78. The Hall–Kier alpha value is -1.46. The van der Waals surface area contributed by atoms with Crippen molar-refractivity contribution in [3.63, 3.8) is 0 Å². The molecule has 4 nitrogen and oxygen atoms in total. The molecule has 3 N–H and O–H groups in total. The molecule has 14 heavy (non-hydrogen) atoms. The second-order valence-electron chi connectivity index (χ2n) is 3.00. The Morgan fingerprint density at radius 2 is 2.07 bits per heavy atom. The van der Waals surface area contributed by atoms with Gasteiger partial charge in [-0.2, -0.15) is 0 Å². The highest BCUT2D eigenvalue weighted by molar-refractivity contribution is 6.62. The number of benzene rings is 1. The third kappa shape index (κ3) is 1.27. The van der Waals surface area contributed by atoms with E-state index < -0.39 is 7.12 Å². The summed E-state index contributed by atoms with van der Waals surface area (Å²) in [5.74, 6) is 0.689. The summed E-state index contributed by atoms with van der Waals surface area (Å²) in [6, 6.07) is 5.12. The van der Waals surface area contributed by atoms with Crippen molar-refractivity contribution in [2.45, 2.75) is 0 Å². The molecule has 72 valence electrons. The second-order valence-corrected chi connectivity index (χ2v) is 3.00. The molecule has 1 heterocycles. The van der Waals surface area contributed by atoms with E-state index >= 15 is 0 Å². The number of nitrogens with one attached hydrogen (secondary N) is 1. The summed E-state index contributed by atoms with van der Waals surface area (Å²) >= 11 is 0. The van der Waals surface area contributed by atoms with Crippen LogP contribution in [0.1, 0.15) is 0 Å². The van der Waals surface area contributed by atoms with Gasteiger partial charge in [0.15, 0.2) is 0 Å². The number of hydrogen-bond acceptors (Lipinski definition) is 3. The normalized spacial score (nSPS) is 10.5. The van der Waals surface area contributed by atoms with Crippen molar-refractivity contribution in [2.75, 3.05) is 7.11 Å². The first kappa shape index (κ1) is 9.11. The average molecular weight is 191 g/mol. The molecule has 0 unspecified atom stereocenters. The quantitative estimate of drug-likeness (QED) is 0.578. The van der Waals surface area contributed by atoms with E-state index in [9.17, 15) is 0 Å². The van der Waals surface area contributed by atoms with Crippen LogP contribution >= 0.6 is 0 Å². The smallest absolute Gasteiger partial charge is 0.489 e. The van der Waals surface area contributed by atoms with Crippen LogP contribution in [0.3, 0.4) is 0 Å². The van der Waals surface area contributed by atoms with E-state index in [-0.39, 0.29) is 0 Å². The summed E-state index contributed by atoms with van der Waals surface area (Å²) in [6.07, 6.45) is 1.74. The Bertz CT molecular complexity index is 452. The van der Waals surface area contributed by atoms with Gasteiger partial charge in [-0.1, -0.05) is 6.07 Å². The van der Waals surface area contributed by atoms with Gasteiger partial charge in [-0.3, -0.25) is 0 Å². The summed E-state index contributed by atoms with van der Waals surface area (Å²) in [5.41, 5.74) is 1.25. The Balaban J connectivity index is 2.72. The molecule has 1 aromatic heterocycles. The number of aromatic nitrogens is 1. The fourth-order valence-electron chi connectivity index (χ4n) is 1.55. The minimum absolute atomic E-state index is 0.474. The van der Waals surface area contributed by atoms with Gasteiger partial charge in [0.2, 0.25) is 0 Å². The SMILES string of the molecule is COc1ccc(B(O)O)c2cc[nH]c12. The largest absolute Gasteiger partial charge is 0.495 e. The maximum Gasteiger partial charge on any atom is 0.489 e. The number of H-pyrrole nitrogens is 1. The fraction of sp³-hybridized carbons (Fsp3) is 0.111. The molecule has 0 radical (unpaired) electrons. The Labute approximate surface area is 81.3 Å². The maximum absolute atomic E-state index is 9.10. The third-order valence-corrected chi connectivity index (χ3v) is 2.22. The molecule has 1 aromatic carbocycles. The number of aromatic amines is 1. The summed E-state index contributed by atoms with van der Waals surface area (Å²) in [4.78, 5) is 2.99. The zero-order valence-electron chi connectivity index (χ0n) is 7.69. The number of fused-ring (bicyclic) bond motifs is 1. The summed E-state index contributed by atoms with van der Waals surface area (Å²) in [5, 5.41) is 19.0. The summed E-state index contributed by atoms with van der Waals surface area (Å²) in [7, 11) is 0.115. The van der Waals surface area contributed by atoms with Gasteiger partial charge in [-0.15, -0.1) is 0 Å². The molecule has 0 saturated carbocycles. The van der Waals surface area contributed by atoms with Gasteiger partial charge in [0.25, 0.3) is 0 Å². The van der Waals surface area contributed by atoms with E-state index in [4.69, 9.17) is 14.8 Å². The predicted molar refractivity (Wildman–Crippen MR) is 54.7 cm³/mol. The molecule has 0 fully saturated rings. The van der Waals surface area contributed by atoms with Crippen molar-refractivity contribution < 1.29 is 14.8 Å². The molecule has 0 spiro atoms. The van der Waals surface area contributed by atoms with Gasteiger partial charge >= 0.3 is 7.12 Å². The number of methoxy groups -OCH3 is 1. The molecule has 0 saturated heterocycles. The maximum atomic E-state index is 9.10. The molecule has 2 aromatic rings. The lowest BCUT2D eigenvalue weighted by Gasteiger charge is -2.05. The zero-order valence-corrected chi connectivity index (χ0v) is 7.69. The Kier molecular flexibility index (Phi) is 2.19. The van der Waals surface area contributed by atoms with E-state index in [0.717, 1.165) is 10.9 Å². The molecule has 0 aliphatic rings. The van der Waals surface area contributed by atoms with Gasteiger partial charge in [-0.25, -0.2) is 0 Å². The van der Waals surface area contributed by atoms with Crippen LogP contribution in [0.5, 0.6) is 5.75 Å². The lowest BCUT2D eigenvalue weighted by molar-refractivity contribution is 0.418. The van der Waals surface area contributed by atoms with E-state index in [0.29, 0.717) is 11.2 Å². The monoisotopic (exact) mass is 191 g/mol. The standard InChI is InChI=1S/C9H10BNO3/c1-14-8-3-2-7(10(12)13)6-4-5-11-9(6)8/h2-5,11-13H,1H3. The van der Waals surface area contributed by atoms with E-state index in [1.54, 1.807) is 31.5 Å². The highest BCUT2D eigenvalue weighted by Crippen LogP contribution is 2.22. The molecule has 5 heteroatoms. The highest BCUT2D eigenvalue weighted by Gasteiger charge is 2.16. The van der Waals surface area contributed by atoms with Gasteiger partial charge in [-0.05, 0) is 17.6 Å². The van der Waals surface area contributed by atoms with Gasteiger partial charge in [0.05, 0.1) is 12.6 Å². The topological polar surface area (TPSA) is 65.5 Å². The Morgan fingerprint density at radius 1 is 1.29 bits per heavy atom. The van der Waals surface area contributed by atoms with E-state index in [1.165, 1.54) is 0 Å². The van der Waals surface area contributed by atoms with Gasteiger partial charge in [0, 0.05) is 11.6 Å². The van der Waals surface area contributed by atoms with Crippen molar-refractivity contribution >= 4 is 23.5 Å². The first-order valence-corrected chi connectivity index (χ1v) is 4.24. The van der Waals surface area contributed by atoms with E-state index in [1.807, 2.05) is 0 Å². The van der Waals surface area contributed by atoms with Crippen molar-refractivity contribution in [3.8, 4) is 5.75 Å². The van der Waals surface area contributed by atoms with Crippen LogP contribution in [-0.2, 0) is 0 Å². The molecule has 0 aliphatic carbocycles. The minimum atomic E-state index is -1.46. The summed E-state index contributed by atoms with van der Waals surface area (Å²) < 4.78 is 5.13. The first-order chi connectivity index (χ1) is 6.74. The van der Waals surface area contributed by atoms with E-state index in [2.05, 4.69) is 4.98 Å². The molecule has 0 amide bonds. The summed E-state index contributed by atoms with van der Waals surface area (Å²) in [6.45, 7) is 0. The van der Waals surface area contributed by atoms with Crippen LogP contribution in [0.15, 0.2) is 24.4 Å². The zero-order chi connectivity index (χ0) is 10.1. The van der Waals surface area contributed by atoms with Crippen molar-refractivity contribution in [3.05, 3.63) is 24.4 Å². The molecule has 0 aliphatic heterocycles. The van der Waals surface area contributed by atoms with Gasteiger partial charge < -0.3 is 19.8 Å². The number of rotatable bonds is 2. The Morgan fingerprint density at radius 3 is 2.71 bits per heavy atom.